The third-order valence-corrected chi connectivity index (χ3v) is 5.75. The number of hydrogen-bond donors (Lipinski definition) is 1. The van der Waals surface area contributed by atoms with E-state index in [1.165, 1.54) is 12.0 Å². The average Bonchev–Trinajstić information content (AvgIpc) is 3.12. The lowest BCUT2D eigenvalue weighted by Gasteiger charge is -2.20. The van der Waals surface area contributed by atoms with Crippen molar-refractivity contribution >= 4 is 10.8 Å². The molecule has 1 atom stereocenters. The highest BCUT2D eigenvalue weighted by molar-refractivity contribution is 5.87. The van der Waals surface area contributed by atoms with E-state index in [4.69, 9.17) is 0 Å². The number of H-pyrrole nitrogens is 1. The average molecular weight is 361 g/mol. The van der Waals surface area contributed by atoms with Crippen LogP contribution in [0.3, 0.4) is 0 Å². The molecule has 0 bridgehead atoms. The lowest BCUT2D eigenvalue weighted by Crippen LogP contribution is -2.31. The van der Waals surface area contributed by atoms with Gasteiger partial charge in [-0.3, -0.25) is 9.69 Å². The van der Waals surface area contributed by atoms with Crippen LogP contribution >= 0.6 is 0 Å². The molecule has 1 saturated heterocycles. The molecule has 4 nitrogen and oxygen atoms in total. The van der Waals surface area contributed by atoms with Gasteiger partial charge in [0.15, 0.2) is 0 Å². The van der Waals surface area contributed by atoms with Crippen LogP contribution < -0.4 is 5.56 Å². The van der Waals surface area contributed by atoms with Gasteiger partial charge < -0.3 is 9.88 Å². The molecule has 0 aliphatic carbocycles. The van der Waals surface area contributed by atoms with Crippen LogP contribution in [0.2, 0.25) is 0 Å². The number of nitrogens with one attached hydrogen (secondary N) is 1. The fraction of sp³-hybridized carbons (Fsp3) is 0.348. The Morgan fingerprint density at radius 1 is 1.11 bits per heavy atom. The molecule has 0 amide bonds. The van der Waals surface area contributed by atoms with E-state index >= 15 is 0 Å². The Balaban J connectivity index is 1.55. The Bertz CT molecular complexity index is 1000. The van der Waals surface area contributed by atoms with E-state index in [0.717, 1.165) is 47.2 Å². The van der Waals surface area contributed by atoms with E-state index in [1.54, 1.807) is 0 Å². The number of likely N-dealkylation sites (tertiary alicyclic amines) is 1. The zero-order chi connectivity index (χ0) is 19.0. The number of rotatable bonds is 4. The van der Waals surface area contributed by atoms with E-state index < -0.39 is 0 Å². The largest absolute Gasteiger partial charge is 0.321 e. The summed E-state index contributed by atoms with van der Waals surface area (Å²) < 4.78 is 0. The number of aromatic nitrogens is 1. The number of nitrogens with zero attached hydrogens (tertiary/aromatic N) is 2. The summed E-state index contributed by atoms with van der Waals surface area (Å²) in [4.78, 5) is 20.3. The minimum absolute atomic E-state index is 0.0259. The van der Waals surface area contributed by atoms with Crippen LogP contribution in [0.1, 0.15) is 17.5 Å². The second kappa shape index (κ2) is 7.29. The van der Waals surface area contributed by atoms with E-state index in [1.807, 2.05) is 25.1 Å². The molecule has 1 aliphatic rings. The number of aryl methyl sites for hydroxylation is 1. The van der Waals surface area contributed by atoms with Gasteiger partial charge in [0.25, 0.3) is 5.56 Å². The Hall–Kier alpha value is -2.43. The zero-order valence-corrected chi connectivity index (χ0v) is 16.3. The van der Waals surface area contributed by atoms with Gasteiger partial charge in [0.2, 0.25) is 0 Å². The monoisotopic (exact) mass is 361 g/mol. The molecule has 4 heteroatoms. The van der Waals surface area contributed by atoms with Crippen LogP contribution in [0.25, 0.3) is 22.0 Å². The number of aromatic amines is 1. The first-order valence-electron chi connectivity index (χ1n) is 9.62. The van der Waals surface area contributed by atoms with Gasteiger partial charge >= 0.3 is 0 Å². The number of benzene rings is 2. The van der Waals surface area contributed by atoms with E-state index in [9.17, 15) is 4.79 Å². The Morgan fingerprint density at radius 2 is 1.89 bits per heavy atom. The summed E-state index contributed by atoms with van der Waals surface area (Å²) in [6, 6.07) is 17.2. The Kier molecular flexibility index (Phi) is 4.85. The van der Waals surface area contributed by atoms with Crippen molar-refractivity contribution < 1.29 is 0 Å². The molecular weight excluding hydrogens is 334 g/mol. The molecule has 0 saturated carbocycles. The smallest absolute Gasteiger partial charge is 0.256 e. The molecule has 0 radical (unpaired) electrons. The van der Waals surface area contributed by atoms with Crippen molar-refractivity contribution in [3.8, 4) is 11.3 Å². The van der Waals surface area contributed by atoms with E-state index in [-0.39, 0.29) is 5.56 Å². The molecule has 140 valence electrons. The Morgan fingerprint density at radius 3 is 2.59 bits per heavy atom. The summed E-state index contributed by atoms with van der Waals surface area (Å²) in [5.41, 5.74) is 4.34. The van der Waals surface area contributed by atoms with Crippen molar-refractivity contribution in [3.05, 3.63) is 70.0 Å². The molecule has 2 aromatic carbocycles. The summed E-state index contributed by atoms with van der Waals surface area (Å²) in [5.74, 6) is 0. The molecular formula is C23H27N3O. The van der Waals surface area contributed by atoms with Gasteiger partial charge in [-0.2, -0.15) is 0 Å². The molecule has 27 heavy (non-hydrogen) atoms. The number of likely N-dealkylation sites (N-methyl/N-ethyl adjacent to an activating group) is 1. The summed E-state index contributed by atoms with van der Waals surface area (Å²) in [7, 11) is 4.32. The fourth-order valence-electron chi connectivity index (χ4n) is 4.02. The van der Waals surface area contributed by atoms with E-state index in [0.29, 0.717) is 6.04 Å². The highest BCUT2D eigenvalue weighted by Crippen LogP contribution is 2.23. The first-order valence-corrected chi connectivity index (χ1v) is 9.62. The Labute approximate surface area is 160 Å². The van der Waals surface area contributed by atoms with Crippen molar-refractivity contribution in [2.45, 2.75) is 25.9 Å². The van der Waals surface area contributed by atoms with E-state index in [2.05, 4.69) is 59.2 Å². The third kappa shape index (κ3) is 3.68. The lowest BCUT2D eigenvalue weighted by molar-refractivity contribution is 0.264. The second-order valence-corrected chi connectivity index (χ2v) is 7.89. The van der Waals surface area contributed by atoms with Crippen molar-refractivity contribution in [2.75, 3.05) is 27.2 Å². The molecule has 1 aromatic heterocycles. The standard InChI is InChI=1S/C23H27N3O/c1-16-5-4-6-20-21(16)13-22(24-23(20)27)18-9-7-17(8-10-18)14-26-12-11-19(15-26)25(2)3/h4-10,13,19H,11-12,14-15H2,1-3H3,(H,24,27). The van der Waals surface area contributed by atoms with Gasteiger partial charge in [-0.25, -0.2) is 0 Å². The molecule has 1 N–H and O–H groups in total. The van der Waals surface area contributed by atoms with Crippen LogP contribution in [0.4, 0.5) is 0 Å². The molecule has 1 aliphatic heterocycles. The first kappa shape index (κ1) is 18.0. The van der Waals surface area contributed by atoms with Crippen molar-refractivity contribution in [1.82, 2.24) is 14.8 Å². The summed E-state index contributed by atoms with van der Waals surface area (Å²) in [5, 5.41) is 1.77. The minimum atomic E-state index is -0.0259. The van der Waals surface area contributed by atoms with Gasteiger partial charge in [-0.1, -0.05) is 36.4 Å². The predicted octanol–water partition coefficient (Wildman–Crippen LogP) is 3.64. The molecule has 2 heterocycles. The van der Waals surface area contributed by atoms with Crippen LogP contribution in [0.5, 0.6) is 0 Å². The summed E-state index contributed by atoms with van der Waals surface area (Å²) >= 11 is 0. The summed E-state index contributed by atoms with van der Waals surface area (Å²) in [6.45, 7) is 5.32. The minimum Gasteiger partial charge on any atom is -0.321 e. The highest BCUT2D eigenvalue weighted by Gasteiger charge is 2.23. The number of fused-ring (bicyclic) bond motifs is 1. The maximum atomic E-state index is 12.4. The normalized spacial score (nSPS) is 17.9. The molecule has 1 fully saturated rings. The maximum absolute atomic E-state index is 12.4. The third-order valence-electron chi connectivity index (χ3n) is 5.75. The van der Waals surface area contributed by atoms with Crippen molar-refractivity contribution in [2.24, 2.45) is 0 Å². The lowest BCUT2D eigenvalue weighted by atomic mass is 10.0. The second-order valence-electron chi connectivity index (χ2n) is 7.89. The van der Waals surface area contributed by atoms with Crippen LogP contribution in [-0.4, -0.2) is 48.0 Å². The number of pyridine rings is 1. The SMILES string of the molecule is Cc1cccc2c(=O)[nH]c(-c3ccc(CN4CCC(N(C)C)C4)cc3)cc12. The quantitative estimate of drug-likeness (QED) is 0.771. The molecule has 4 rings (SSSR count). The van der Waals surface area contributed by atoms with Gasteiger partial charge in [-0.15, -0.1) is 0 Å². The predicted molar refractivity (Wildman–Crippen MR) is 112 cm³/mol. The fourth-order valence-corrected chi connectivity index (χ4v) is 4.02. The van der Waals surface area contributed by atoms with Gasteiger partial charge in [0.05, 0.1) is 0 Å². The number of hydrogen-bond acceptors (Lipinski definition) is 3. The van der Waals surface area contributed by atoms with Gasteiger partial charge in [0.1, 0.15) is 0 Å². The molecule has 3 aromatic rings. The van der Waals surface area contributed by atoms with Crippen LogP contribution in [0, 0.1) is 6.92 Å². The molecule has 0 spiro atoms. The first-order chi connectivity index (χ1) is 13.0. The van der Waals surface area contributed by atoms with Crippen LogP contribution in [-0.2, 0) is 6.54 Å². The maximum Gasteiger partial charge on any atom is 0.256 e. The van der Waals surface area contributed by atoms with Gasteiger partial charge in [0, 0.05) is 36.8 Å². The topological polar surface area (TPSA) is 39.3 Å². The zero-order valence-electron chi connectivity index (χ0n) is 16.3. The highest BCUT2D eigenvalue weighted by atomic mass is 16.1. The van der Waals surface area contributed by atoms with Crippen molar-refractivity contribution in [1.29, 1.82) is 0 Å². The molecule has 1 unspecified atom stereocenters. The van der Waals surface area contributed by atoms with Crippen molar-refractivity contribution in [3.63, 3.8) is 0 Å². The van der Waals surface area contributed by atoms with Crippen LogP contribution in [0.15, 0.2) is 53.3 Å². The van der Waals surface area contributed by atoms with Gasteiger partial charge in [-0.05, 0) is 61.6 Å². The summed E-state index contributed by atoms with van der Waals surface area (Å²) in [6.07, 6.45) is 1.24.